The lowest BCUT2D eigenvalue weighted by atomic mass is 10.1. The van der Waals surface area contributed by atoms with Crippen molar-refractivity contribution in [1.29, 1.82) is 0 Å². The van der Waals surface area contributed by atoms with Crippen molar-refractivity contribution in [2.24, 2.45) is 4.99 Å². The topological polar surface area (TPSA) is 81.8 Å². The standard InChI is InChI=1S/C18H11BrN2O4/c19-14-10-8-13(9-11-14)17-20-15(18(22)25-17)6-3-5-12-4-1-2-7-16(12)21(23)24/h1-11H/b5-3-,15-6+. The molecule has 25 heavy (non-hydrogen) atoms. The maximum absolute atomic E-state index is 11.9. The maximum atomic E-state index is 11.9. The molecule has 0 fully saturated rings. The summed E-state index contributed by atoms with van der Waals surface area (Å²) in [4.78, 5) is 26.6. The fourth-order valence-electron chi connectivity index (χ4n) is 2.18. The molecule has 3 rings (SSSR count). The highest BCUT2D eigenvalue weighted by Gasteiger charge is 2.23. The van der Waals surface area contributed by atoms with Crippen LogP contribution in [0.15, 0.2) is 75.8 Å². The summed E-state index contributed by atoms with van der Waals surface area (Å²) in [7, 11) is 0. The predicted octanol–water partition coefficient (Wildman–Crippen LogP) is 4.26. The molecule has 0 atom stereocenters. The van der Waals surface area contributed by atoms with Crippen LogP contribution in [0.25, 0.3) is 6.08 Å². The molecule has 124 valence electrons. The zero-order chi connectivity index (χ0) is 17.8. The Morgan fingerprint density at radius 2 is 1.84 bits per heavy atom. The molecule has 0 saturated carbocycles. The molecule has 7 heteroatoms. The van der Waals surface area contributed by atoms with Crippen LogP contribution >= 0.6 is 15.9 Å². The molecule has 0 unspecified atom stereocenters. The molecule has 1 heterocycles. The van der Waals surface area contributed by atoms with Gasteiger partial charge in [0.1, 0.15) is 0 Å². The minimum atomic E-state index is -0.565. The van der Waals surface area contributed by atoms with Gasteiger partial charge in [-0.05, 0) is 42.5 Å². The van der Waals surface area contributed by atoms with Crippen LogP contribution in [0.2, 0.25) is 0 Å². The zero-order valence-corrected chi connectivity index (χ0v) is 14.3. The molecular formula is C18H11BrN2O4. The Morgan fingerprint density at radius 3 is 2.56 bits per heavy atom. The Bertz CT molecular complexity index is 930. The lowest BCUT2D eigenvalue weighted by molar-refractivity contribution is -0.385. The highest BCUT2D eigenvalue weighted by atomic mass is 79.9. The Kier molecular flexibility index (Phi) is 4.85. The second kappa shape index (κ2) is 7.23. The quantitative estimate of drug-likeness (QED) is 0.333. The third-order valence-corrected chi connectivity index (χ3v) is 3.90. The molecule has 0 aliphatic carbocycles. The molecule has 0 radical (unpaired) electrons. The monoisotopic (exact) mass is 398 g/mol. The van der Waals surface area contributed by atoms with Crippen molar-refractivity contribution in [1.82, 2.24) is 0 Å². The third-order valence-electron chi connectivity index (χ3n) is 3.38. The Morgan fingerprint density at radius 1 is 1.12 bits per heavy atom. The summed E-state index contributed by atoms with van der Waals surface area (Å²) in [5.74, 6) is -0.340. The van der Waals surface area contributed by atoms with Crippen LogP contribution in [0.4, 0.5) is 5.69 Å². The summed E-state index contributed by atoms with van der Waals surface area (Å²) in [6.45, 7) is 0. The number of esters is 1. The van der Waals surface area contributed by atoms with Crippen LogP contribution < -0.4 is 0 Å². The van der Waals surface area contributed by atoms with Gasteiger partial charge in [-0.25, -0.2) is 9.79 Å². The smallest absolute Gasteiger partial charge is 0.363 e. The van der Waals surface area contributed by atoms with Crippen LogP contribution in [0.3, 0.4) is 0 Å². The Balaban J connectivity index is 1.83. The van der Waals surface area contributed by atoms with E-state index in [9.17, 15) is 14.9 Å². The largest absolute Gasteiger partial charge is 0.402 e. The first-order valence-corrected chi connectivity index (χ1v) is 8.02. The maximum Gasteiger partial charge on any atom is 0.363 e. The van der Waals surface area contributed by atoms with Gasteiger partial charge in [-0.2, -0.15) is 0 Å². The average molecular weight is 399 g/mol. The number of nitro benzene ring substituents is 1. The fraction of sp³-hybridized carbons (Fsp3) is 0. The van der Waals surface area contributed by atoms with Crippen molar-refractivity contribution in [2.75, 3.05) is 0 Å². The predicted molar refractivity (Wildman–Crippen MR) is 97.0 cm³/mol. The first kappa shape index (κ1) is 16.8. The number of allylic oxidation sites excluding steroid dienone is 2. The van der Waals surface area contributed by atoms with E-state index in [0.29, 0.717) is 11.1 Å². The van der Waals surface area contributed by atoms with E-state index in [1.54, 1.807) is 36.4 Å². The zero-order valence-electron chi connectivity index (χ0n) is 12.8. The van der Waals surface area contributed by atoms with Gasteiger partial charge < -0.3 is 4.74 Å². The van der Waals surface area contributed by atoms with Gasteiger partial charge in [0.15, 0.2) is 5.70 Å². The van der Waals surface area contributed by atoms with Gasteiger partial charge in [-0.1, -0.05) is 34.1 Å². The number of para-hydroxylation sites is 1. The van der Waals surface area contributed by atoms with E-state index in [1.165, 1.54) is 18.2 Å². The van der Waals surface area contributed by atoms with Crippen molar-refractivity contribution >= 4 is 39.6 Å². The van der Waals surface area contributed by atoms with Crippen molar-refractivity contribution in [3.8, 4) is 0 Å². The molecule has 1 aliphatic rings. The Hall–Kier alpha value is -3.06. The van der Waals surface area contributed by atoms with Crippen molar-refractivity contribution in [3.05, 3.63) is 92.1 Å². The van der Waals surface area contributed by atoms with E-state index in [1.807, 2.05) is 12.1 Å². The molecule has 0 spiro atoms. The van der Waals surface area contributed by atoms with E-state index in [4.69, 9.17) is 4.74 Å². The number of nitro groups is 1. The van der Waals surface area contributed by atoms with Crippen LogP contribution in [0, 0.1) is 10.1 Å². The number of halogens is 1. The van der Waals surface area contributed by atoms with Crippen LogP contribution in [0.1, 0.15) is 11.1 Å². The number of carbonyl (C=O) groups is 1. The average Bonchev–Trinajstić information content (AvgIpc) is 2.97. The lowest BCUT2D eigenvalue weighted by Crippen LogP contribution is -2.04. The SMILES string of the molecule is O=C1OC(c2ccc(Br)cc2)=N/C1=C/C=C\c1ccccc1[N+](=O)[O-]. The molecule has 2 aromatic carbocycles. The van der Waals surface area contributed by atoms with Gasteiger partial charge in [0.2, 0.25) is 5.90 Å². The fourth-order valence-corrected chi connectivity index (χ4v) is 2.44. The van der Waals surface area contributed by atoms with E-state index in [0.717, 1.165) is 4.47 Å². The minimum absolute atomic E-state index is 0.00907. The second-order valence-electron chi connectivity index (χ2n) is 5.04. The number of aliphatic imine (C=N–C) groups is 1. The summed E-state index contributed by atoms with van der Waals surface area (Å²) in [6.07, 6.45) is 4.55. The van der Waals surface area contributed by atoms with Gasteiger partial charge in [0.25, 0.3) is 5.69 Å². The van der Waals surface area contributed by atoms with Crippen LogP contribution in [-0.2, 0) is 9.53 Å². The molecule has 0 aromatic heterocycles. The van der Waals surface area contributed by atoms with E-state index < -0.39 is 10.9 Å². The van der Waals surface area contributed by atoms with Gasteiger partial charge in [-0.15, -0.1) is 0 Å². The number of benzene rings is 2. The highest BCUT2D eigenvalue weighted by molar-refractivity contribution is 9.10. The van der Waals surface area contributed by atoms with Gasteiger partial charge >= 0.3 is 5.97 Å². The lowest BCUT2D eigenvalue weighted by Gasteiger charge is -1.98. The summed E-state index contributed by atoms with van der Waals surface area (Å²) < 4.78 is 6.06. The molecule has 0 amide bonds. The molecule has 2 aromatic rings. The molecule has 0 N–H and O–H groups in total. The number of hydrogen-bond acceptors (Lipinski definition) is 5. The number of ether oxygens (including phenoxy) is 1. The summed E-state index contributed by atoms with van der Waals surface area (Å²) in [5.41, 5.74) is 1.24. The highest BCUT2D eigenvalue weighted by Crippen LogP contribution is 2.21. The summed E-state index contributed by atoms with van der Waals surface area (Å²) in [6, 6.07) is 13.5. The number of hydrogen-bond donors (Lipinski definition) is 0. The van der Waals surface area contributed by atoms with Crippen LogP contribution in [0.5, 0.6) is 0 Å². The van der Waals surface area contributed by atoms with Gasteiger partial charge in [-0.3, -0.25) is 10.1 Å². The molecule has 6 nitrogen and oxygen atoms in total. The number of rotatable bonds is 4. The van der Waals surface area contributed by atoms with Crippen molar-refractivity contribution < 1.29 is 14.5 Å². The van der Waals surface area contributed by atoms with Crippen molar-refractivity contribution in [2.45, 2.75) is 0 Å². The number of cyclic esters (lactones) is 1. The van der Waals surface area contributed by atoms with Gasteiger partial charge in [0, 0.05) is 16.1 Å². The molecule has 0 saturated heterocycles. The first-order chi connectivity index (χ1) is 12.0. The summed E-state index contributed by atoms with van der Waals surface area (Å²) >= 11 is 3.33. The molecule has 1 aliphatic heterocycles. The second-order valence-corrected chi connectivity index (χ2v) is 5.96. The third kappa shape index (κ3) is 3.89. The molecule has 0 bridgehead atoms. The molecular weight excluding hydrogens is 388 g/mol. The number of carbonyl (C=O) groups excluding carboxylic acids is 1. The Labute approximate surface area is 151 Å². The van der Waals surface area contributed by atoms with E-state index >= 15 is 0 Å². The minimum Gasteiger partial charge on any atom is -0.402 e. The summed E-state index contributed by atoms with van der Waals surface area (Å²) in [5, 5.41) is 11.0. The van der Waals surface area contributed by atoms with Gasteiger partial charge in [0.05, 0.1) is 10.5 Å². The normalized spacial score (nSPS) is 15.5. The van der Waals surface area contributed by atoms with E-state index in [2.05, 4.69) is 20.9 Å². The van der Waals surface area contributed by atoms with Crippen LogP contribution in [-0.4, -0.2) is 16.8 Å². The number of nitrogens with zero attached hydrogens (tertiary/aromatic N) is 2. The van der Waals surface area contributed by atoms with Crippen molar-refractivity contribution in [3.63, 3.8) is 0 Å². The first-order valence-electron chi connectivity index (χ1n) is 7.23. The van der Waals surface area contributed by atoms with E-state index in [-0.39, 0.29) is 17.3 Å².